The van der Waals surface area contributed by atoms with E-state index in [0.29, 0.717) is 5.69 Å². The number of hydrogen-bond donors (Lipinski definition) is 1. The van der Waals surface area contributed by atoms with Gasteiger partial charge in [0, 0.05) is 6.07 Å². The highest BCUT2D eigenvalue weighted by Crippen LogP contribution is 2.03. The van der Waals surface area contributed by atoms with E-state index in [2.05, 4.69) is 5.10 Å². The lowest BCUT2D eigenvalue weighted by molar-refractivity contribution is 0.104. The first kappa shape index (κ1) is 9.93. The number of nitriles is 1. The van der Waals surface area contributed by atoms with Gasteiger partial charge in [-0.1, -0.05) is 18.2 Å². The van der Waals surface area contributed by atoms with Crippen molar-refractivity contribution in [2.24, 2.45) is 0 Å². The van der Waals surface area contributed by atoms with Crippen molar-refractivity contribution in [3.8, 4) is 11.8 Å². The lowest BCUT2D eigenvalue weighted by Gasteiger charge is -1.99. The lowest BCUT2D eigenvalue weighted by Crippen LogP contribution is -2.13. The molecule has 1 heterocycles. The molecule has 2 rings (SSSR count). The molecule has 78 valence electrons. The quantitative estimate of drug-likeness (QED) is 0.593. The number of hydrogen-bond acceptors (Lipinski definition) is 3. The number of aromatic amines is 1. The third-order valence-corrected chi connectivity index (χ3v) is 2.08. The van der Waals surface area contributed by atoms with Crippen molar-refractivity contribution in [1.29, 1.82) is 5.26 Å². The van der Waals surface area contributed by atoms with E-state index in [4.69, 9.17) is 5.26 Å². The molecule has 16 heavy (non-hydrogen) atoms. The van der Waals surface area contributed by atoms with Gasteiger partial charge in [0.05, 0.1) is 5.69 Å². The van der Waals surface area contributed by atoms with Crippen molar-refractivity contribution >= 4 is 5.78 Å². The number of aromatic nitrogens is 2. The van der Waals surface area contributed by atoms with Gasteiger partial charge in [-0.15, -0.1) is 0 Å². The summed E-state index contributed by atoms with van der Waals surface area (Å²) in [6.45, 7) is 0. The third kappa shape index (κ3) is 1.64. The first-order valence-electron chi connectivity index (χ1n) is 4.54. The van der Waals surface area contributed by atoms with Crippen LogP contribution >= 0.6 is 0 Å². The molecule has 1 aromatic carbocycles. The Morgan fingerprint density at radius 1 is 1.31 bits per heavy atom. The van der Waals surface area contributed by atoms with Crippen LogP contribution < -0.4 is 5.56 Å². The van der Waals surface area contributed by atoms with E-state index in [-0.39, 0.29) is 11.3 Å². The molecule has 5 nitrogen and oxygen atoms in total. The molecule has 0 aliphatic carbocycles. The summed E-state index contributed by atoms with van der Waals surface area (Å²) >= 11 is 0. The average Bonchev–Trinajstić information content (AvgIpc) is 2.71. The van der Waals surface area contributed by atoms with Gasteiger partial charge in [0.25, 0.3) is 11.3 Å². The SMILES string of the molecule is N#CC(=O)c1cc(=O)n(-c2ccccc2)[nH]1. The molecule has 5 heteroatoms. The largest absolute Gasteiger partial charge is 0.286 e. The zero-order valence-electron chi connectivity index (χ0n) is 8.18. The maximum absolute atomic E-state index is 11.5. The van der Waals surface area contributed by atoms with Crippen LogP contribution in [-0.4, -0.2) is 15.6 Å². The second-order valence-electron chi connectivity index (χ2n) is 3.12. The Bertz CT molecular complexity index is 617. The molecule has 0 saturated heterocycles. The van der Waals surface area contributed by atoms with Crippen LogP contribution in [0.25, 0.3) is 5.69 Å². The number of carbonyl (C=O) groups excluding carboxylic acids is 1. The number of Topliss-reactive ketones (excluding diaryl/α,β-unsaturated/α-hetero) is 1. The second kappa shape index (κ2) is 3.87. The summed E-state index contributed by atoms with van der Waals surface area (Å²) in [5.41, 5.74) is 0.241. The van der Waals surface area contributed by atoms with Crippen LogP contribution in [0, 0.1) is 11.3 Å². The highest BCUT2D eigenvalue weighted by Gasteiger charge is 2.10. The van der Waals surface area contributed by atoms with Gasteiger partial charge in [-0.2, -0.15) is 5.26 Å². The molecular formula is C11H7N3O2. The van der Waals surface area contributed by atoms with E-state index in [1.807, 2.05) is 6.07 Å². The highest BCUT2D eigenvalue weighted by atomic mass is 16.1. The van der Waals surface area contributed by atoms with Crippen LogP contribution in [0.4, 0.5) is 0 Å². The molecular weight excluding hydrogens is 206 g/mol. The van der Waals surface area contributed by atoms with Crippen LogP contribution in [0.2, 0.25) is 0 Å². The Hall–Kier alpha value is -2.61. The maximum atomic E-state index is 11.5. The predicted octanol–water partition coefficient (Wildman–Crippen LogP) is 0.872. The lowest BCUT2D eigenvalue weighted by atomic mass is 10.3. The van der Waals surface area contributed by atoms with Crippen LogP contribution in [0.5, 0.6) is 0 Å². The zero-order valence-corrected chi connectivity index (χ0v) is 8.18. The number of H-pyrrole nitrogens is 1. The smallest absolute Gasteiger partial charge is 0.279 e. The number of para-hydroxylation sites is 1. The van der Waals surface area contributed by atoms with Crippen LogP contribution in [0.15, 0.2) is 41.2 Å². The first-order chi connectivity index (χ1) is 7.72. The number of nitrogens with zero attached hydrogens (tertiary/aromatic N) is 2. The molecule has 0 fully saturated rings. The molecule has 0 amide bonds. The van der Waals surface area contributed by atoms with Gasteiger partial charge in [-0.25, -0.2) is 4.68 Å². The minimum atomic E-state index is -0.758. The third-order valence-electron chi connectivity index (χ3n) is 2.08. The van der Waals surface area contributed by atoms with Crippen LogP contribution in [0.1, 0.15) is 10.5 Å². The molecule has 1 N–H and O–H groups in total. The minimum Gasteiger partial charge on any atom is -0.286 e. The Labute approximate surface area is 90.5 Å². The number of benzene rings is 1. The summed E-state index contributed by atoms with van der Waals surface area (Å²) in [5.74, 6) is -0.758. The Morgan fingerprint density at radius 2 is 2.00 bits per heavy atom. The van der Waals surface area contributed by atoms with Gasteiger partial charge in [-0.05, 0) is 12.1 Å². The van der Waals surface area contributed by atoms with E-state index < -0.39 is 5.78 Å². The van der Waals surface area contributed by atoms with Crippen molar-refractivity contribution in [2.45, 2.75) is 0 Å². The molecule has 0 atom stereocenters. The van der Waals surface area contributed by atoms with Gasteiger partial charge < -0.3 is 0 Å². The fourth-order valence-corrected chi connectivity index (χ4v) is 1.34. The number of carbonyl (C=O) groups is 1. The number of nitrogens with one attached hydrogen (secondary N) is 1. The summed E-state index contributed by atoms with van der Waals surface area (Å²) in [6, 6.07) is 11.4. The molecule has 0 unspecified atom stereocenters. The van der Waals surface area contributed by atoms with Crippen LogP contribution in [-0.2, 0) is 0 Å². The Morgan fingerprint density at radius 3 is 2.62 bits per heavy atom. The van der Waals surface area contributed by atoms with E-state index in [0.717, 1.165) is 6.07 Å². The Kier molecular flexibility index (Phi) is 2.40. The summed E-state index contributed by atoms with van der Waals surface area (Å²) in [7, 11) is 0. The maximum Gasteiger partial charge on any atom is 0.279 e. The van der Waals surface area contributed by atoms with Crippen LogP contribution in [0.3, 0.4) is 0 Å². The molecule has 1 aromatic heterocycles. The van der Waals surface area contributed by atoms with Gasteiger partial charge in [0.1, 0.15) is 11.8 Å². The Balaban J connectivity index is 2.53. The fraction of sp³-hybridized carbons (Fsp3) is 0. The minimum absolute atomic E-state index is 0.00338. The second-order valence-corrected chi connectivity index (χ2v) is 3.12. The fourth-order valence-electron chi connectivity index (χ4n) is 1.34. The number of rotatable bonds is 2. The predicted molar refractivity (Wildman–Crippen MR) is 56.3 cm³/mol. The highest BCUT2D eigenvalue weighted by molar-refractivity contribution is 6.05. The van der Waals surface area contributed by atoms with Gasteiger partial charge in [0.15, 0.2) is 0 Å². The van der Waals surface area contributed by atoms with Crippen molar-refractivity contribution in [2.75, 3.05) is 0 Å². The standard InChI is InChI=1S/C11H7N3O2/c12-7-10(15)9-6-11(16)14(13-9)8-4-2-1-3-5-8/h1-6,13H. The molecule has 0 radical (unpaired) electrons. The first-order valence-corrected chi connectivity index (χ1v) is 4.54. The molecule has 0 saturated carbocycles. The van der Waals surface area contributed by atoms with E-state index in [9.17, 15) is 9.59 Å². The van der Waals surface area contributed by atoms with Gasteiger partial charge in [-0.3, -0.25) is 14.7 Å². The van der Waals surface area contributed by atoms with E-state index >= 15 is 0 Å². The van der Waals surface area contributed by atoms with Gasteiger partial charge >= 0.3 is 0 Å². The van der Waals surface area contributed by atoms with E-state index in [1.54, 1.807) is 24.3 Å². The molecule has 0 aliphatic heterocycles. The molecule has 0 aliphatic rings. The average molecular weight is 213 g/mol. The molecule has 2 aromatic rings. The molecule has 0 bridgehead atoms. The van der Waals surface area contributed by atoms with Crippen molar-refractivity contribution in [3.63, 3.8) is 0 Å². The van der Waals surface area contributed by atoms with E-state index in [1.165, 1.54) is 10.8 Å². The number of ketones is 1. The van der Waals surface area contributed by atoms with Crippen molar-refractivity contribution < 1.29 is 4.79 Å². The summed E-state index contributed by atoms with van der Waals surface area (Å²) in [5, 5.41) is 11.0. The normalized spacial score (nSPS) is 9.69. The van der Waals surface area contributed by atoms with Gasteiger partial charge in [0.2, 0.25) is 0 Å². The molecule has 0 spiro atoms. The van der Waals surface area contributed by atoms with Crippen molar-refractivity contribution in [3.05, 3.63) is 52.4 Å². The topological polar surface area (TPSA) is 78.7 Å². The summed E-state index contributed by atoms with van der Waals surface area (Å²) in [4.78, 5) is 22.6. The summed E-state index contributed by atoms with van der Waals surface area (Å²) in [6.07, 6.45) is 0. The monoisotopic (exact) mass is 213 g/mol. The van der Waals surface area contributed by atoms with Crippen molar-refractivity contribution in [1.82, 2.24) is 9.78 Å². The zero-order chi connectivity index (χ0) is 11.5. The summed E-state index contributed by atoms with van der Waals surface area (Å²) < 4.78 is 1.21.